The zero-order chi connectivity index (χ0) is 26.6. The van der Waals surface area contributed by atoms with Crippen LogP contribution in [0.1, 0.15) is 75.9 Å². The third-order valence-electron chi connectivity index (χ3n) is 5.75. The zero-order valence-electron chi connectivity index (χ0n) is 21.2. The molecule has 0 aliphatic rings. The Kier molecular flexibility index (Phi) is 8.03. The average Bonchev–Trinajstić information content (AvgIpc) is 2.83. The van der Waals surface area contributed by atoms with E-state index in [-0.39, 0.29) is 23.2 Å². The fraction of sp³-hybridized carbons (Fsp3) is 0.296. The Bertz CT molecular complexity index is 1280. The topological polar surface area (TPSA) is 124 Å². The molecule has 9 nitrogen and oxygen atoms in total. The van der Waals surface area contributed by atoms with E-state index in [0.29, 0.717) is 34.2 Å². The molecule has 2 aromatic carbocycles. The molecule has 0 aliphatic heterocycles. The molecule has 0 saturated heterocycles. The van der Waals surface area contributed by atoms with E-state index < -0.39 is 9.85 Å². The lowest BCUT2D eigenvalue weighted by atomic mass is 10.0. The van der Waals surface area contributed by atoms with E-state index in [1.165, 1.54) is 12.1 Å². The second-order valence-electron chi connectivity index (χ2n) is 9.11. The molecule has 0 saturated carbocycles. The van der Waals surface area contributed by atoms with Gasteiger partial charge in [0.15, 0.2) is 0 Å². The number of nitro groups is 2. The van der Waals surface area contributed by atoms with Gasteiger partial charge in [-0.3, -0.25) is 30.2 Å². The van der Waals surface area contributed by atoms with Crippen LogP contribution in [0.15, 0.2) is 64.6 Å². The van der Waals surface area contributed by atoms with E-state index in [4.69, 9.17) is 15.0 Å². The van der Waals surface area contributed by atoms with E-state index in [9.17, 15) is 20.2 Å². The maximum Gasteiger partial charge on any atom is 0.269 e. The lowest BCUT2D eigenvalue weighted by Crippen LogP contribution is -2.05. The first-order valence-electron chi connectivity index (χ1n) is 11.6. The van der Waals surface area contributed by atoms with Crippen molar-refractivity contribution in [3.63, 3.8) is 0 Å². The molecule has 3 aromatic rings. The Morgan fingerprint density at radius 3 is 1.44 bits per heavy atom. The van der Waals surface area contributed by atoms with Gasteiger partial charge < -0.3 is 0 Å². The Hall–Kier alpha value is -4.27. The standard InChI is InChI=1S/C27H29N5O4/c1-16(2)22-14-20(31(33)34)10-12-26(22)28-18(5)24-8-7-9-25(30-24)19(6)29-27-13-11-21(32(35)36)15-23(27)17(3)4/h7-17H,1-6H3/b28-18+,29-19+. The molecule has 36 heavy (non-hydrogen) atoms. The van der Waals surface area contributed by atoms with E-state index in [2.05, 4.69) is 0 Å². The van der Waals surface area contributed by atoms with Gasteiger partial charge in [0, 0.05) is 24.3 Å². The predicted molar refractivity (Wildman–Crippen MR) is 142 cm³/mol. The van der Waals surface area contributed by atoms with Gasteiger partial charge in [0.25, 0.3) is 11.4 Å². The van der Waals surface area contributed by atoms with Crippen LogP contribution in [-0.2, 0) is 0 Å². The number of pyridine rings is 1. The molecule has 1 heterocycles. The first-order valence-corrected chi connectivity index (χ1v) is 11.6. The van der Waals surface area contributed by atoms with Crippen molar-refractivity contribution < 1.29 is 9.85 Å². The van der Waals surface area contributed by atoms with Gasteiger partial charge in [0.05, 0.1) is 44.0 Å². The number of aliphatic imine (C=N–C) groups is 2. The summed E-state index contributed by atoms with van der Waals surface area (Å²) in [6.07, 6.45) is 0. The molecule has 0 N–H and O–H groups in total. The average molecular weight is 488 g/mol. The van der Waals surface area contributed by atoms with Gasteiger partial charge in [-0.25, -0.2) is 4.98 Å². The second kappa shape index (κ2) is 11.0. The van der Waals surface area contributed by atoms with Crippen LogP contribution in [0.25, 0.3) is 0 Å². The van der Waals surface area contributed by atoms with Crippen molar-refractivity contribution in [1.82, 2.24) is 4.98 Å². The largest absolute Gasteiger partial charge is 0.269 e. The van der Waals surface area contributed by atoms with Crippen molar-refractivity contribution in [2.24, 2.45) is 9.98 Å². The van der Waals surface area contributed by atoms with Crippen LogP contribution in [0.2, 0.25) is 0 Å². The number of benzene rings is 2. The fourth-order valence-electron chi connectivity index (χ4n) is 3.75. The quantitative estimate of drug-likeness (QED) is 0.186. The Labute approximate surface area is 210 Å². The van der Waals surface area contributed by atoms with Gasteiger partial charge in [-0.05, 0) is 61.1 Å². The minimum atomic E-state index is -0.408. The highest BCUT2D eigenvalue weighted by Gasteiger charge is 2.15. The van der Waals surface area contributed by atoms with Gasteiger partial charge in [0.2, 0.25) is 0 Å². The van der Waals surface area contributed by atoms with Crippen molar-refractivity contribution in [1.29, 1.82) is 0 Å². The highest BCUT2D eigenvalue weighted by Crippen LogP contribution is 2.32. The van der Waals surface area contributed by atoms with E-state index in [1.54, 1.807) is 24.3 Å². The molecule has 0 radical (unpaired) electrons. The lowest BCUT2D eigenvalue weighted by molar-refractivity contribution is -0.385. The van der Waals surface area contributed by atoms with E-state index in [0.717, 1.165) is 11.1 Å². The molecule has 0 spiro atoms. The van der Waals surface area contributed by atoms with Crippen LogP contribution in [0.5, 0.6) is 0 Å². The summed E-state index contributed by atoms with van der Waals surface area (Å²) in [6, 6.07) is 14.9. The highest BCUT2D eigenvalue weighted by atomic mass is 16.6. The van der Waals surface area contributed by atoms with E-state index >= 15 is 0 Å². The number of hydrogen-bond acceptors (Lipinski definition) is 7. The van der Waals surface area contributed by atoms with Crippen LogP contribution in [0, 0.1) is 20.2 Å². The first kappa shape index (κ1) is 26.3. The van der Waals surface area contributed by atoms with Crippen molar-refractivity contribution in [2.45, 2.75) is 53.4 Å². The number of rotatable bonds is 8. The number of non-ortho nitro benzene ring substituents is 2. The SMILES string of the molecule is C/C(=N\c1ccc([N+](=O)[O-])cc1C(C)C)c1cccc(/C(C)=N/c2ccc([N+](=O)[O-])cc2C(C)C)n1. The molecule has 3 rings (SSSR count). The molecular weight excluding hydrogens is 458 g/mol. The Balaban J connectivity index is 1.99. The number of nitro benzene ring substituents is 2. The summed E-state index contributed by atoms with van der Waals surface area (Å²) in [7, 11) is 0. The van der Waals surface area contributed by atoms with Crippen LogP contribution in [0.3, 0.4) is 0 Å². The number of nitrogens with zero attached hydrogens (tertiary/aromatic N) is 5. The van der Waals surface area contributed by atoms with E-state index in [1.807, 2.05) is 59.7 Å². The summed E-state index contributed by atoms with van der Waals surface area (Å²) < 4.78 is 0. The van der Waals surface area contributed by atoms with Crippen molar-refractivity contribution in [3.8, 4) is 0 Å². The molecular formula is C27H29N5O4. The van der Waals surface area contributed by atoms with Crippen molar-refractivity contribution in [2.75, 3.05) is 0 Å². The van der Waals surface area contributed by atoms with Gasteiger partial charge in [-0.2, -0.15) is 0 Å². The Morgan fingerprint density at radius 1 is 0.722 bits per heavy atom. The molecule has 0 unspecified atom stereocenters. The normalized spacial score (nSPS) is 12.3. The molecule has 0 atom stereocenters. The van der Waals surface area contributed by atoms with Crippen LogP contribution < -0.4 is 0 Å². The summed E-state index contributed by atoms with van der Waals surface area (Å²) in [5.41, 5.74) is 5.62. The lowest BCUT2D eigenvalue weighted by Gasteiger charge is -2.11. The molecule has 0 fully saturated rings. The smallest absolute Gasteiger partial charge is 0.258 e. The maximum absolute atomic E-state index is 11.2. The van der Waals surface area contributed by atoms with Crippen molar-refractivity contribution in [3.05, 3.63) is 97.3 Å². The third-order valence-corrected chi connectivity index (χ3v) is 5.75. The number of aromatic nitrogens is 1. The van der Waals surface area contributed by atoms with Gasteiger partial charge >= 0.3 is 0 Å². The summed E-state index contributed by atoms with van der Waals surface area (Å²) >= 11 is 0. The zero-order valence-corrected chi connectivity index (χ0v) is 21.2. The first-order chi connectivity index (χ1) is 17.0. The molecule has 1 aromatic heterocycles. The van der Waals surface area contributed by atoms with Gasteiger partial charge in [0.1, 0.15) is 0 Å². The van der Waals surface area contributed by atoms with Crippen molar-refractivity contribution >= 4 is 34.2 Å². The minimum absolute atomic E-state index is 0.0364. The minimum Gasteiger partial charge on any atom is -0.258 e. The molecule has 0 amide bonds. The molecule has 0 bridgehead atoms. The Morgan fingerprint density at radius 2 is 1.11 bits per heavy atom. The van der Waals surface area contributed by atoms with Crippen LogP contribution >= 0.6 is 0 Å². The van der Waals surface area contributed by atoms with Crippen LogP contribution in [0.4, 0.5) is 22.7 Å². The molecule has 0 aliphatic carbocycles. The molecule has 186 valence electrons. The van der Waals surface area contributed by atoms with Crippen LogP contribution in [-0.4, -0.2) is 26.3 Å². The third kappa shape index (κ3) is 6.04. The summed E-state index contributed by atoms with van der Waals surface area (Å²) in [5, 5.41) is 22.4. The summed E-state index contributed by atoms with van der Waals surface area (Å²) in [5.74, 6) is 0.115. The maximum atomic E-state index is 11.2. The van der Waals surface area contributed by atoms with Gasteiger partial charge in [-0.15, -0.1) is 0 Å². The highest BCUT2D eigenvalue weighted by molar-refractivity contribution is 6.02. The predicted octanol–water partition coefficient (Wildman–Crippen LogP) is 7.43. The molecule has 9 heteroatoms. The monoisotopic (exact) mass is 487 g/mol. The van der Waals surface area contributed by atoms with Gasteiger partial charge in [-0.1, -0.05) is 33.8 Å². The summed E-state index contributed by atoms with van der Waals surface area (Å²) in [6.45, 7) is 11.6. The fourth-order valence-corrected chi connectivity index (χ4v) is 3.75. The number of hydrogen-bond donors (Lipinski definition) is 0. The summed E-state index contributed by atoms with van der Waals surface area (Å²) in [4.78, 5) is 35.7. The second-order valence-corrected chi connectivity index (χ2v) is 9.11.